The molecule has 1 aliphatic rings. The Hall–Kier alpha value is -2.08. The number of amides is 1. The molecule has 21 heavy (non-hydrogen) atoms. The van der Waals surface area contributed by atoms with Gasteiger partial charge in [-0.2, -0.15) is 0 Å². The summed E-state index contributed by atoms with van der Waals surface area (Å²) in [7, 11) is 0. The number of hydrogen-bond acceptors (Lipinski definition) is 4. The summed E-state index contributed by atoms with van der Waals surface area (Å²) >= 11 is 0. The average Bonchev–Trinajstić information content (AvgIpc) is 2.86. The Labute approximate surface area is 122 Å². The van der Waals surface area contributed by atoms with Crippen molar-refractivity contribution in [3.8, 4) is 5.75 Å². The minimum absolute atomic E-state index is 0.117. The van der Waals surface area contributed by atoms with Gasteiger partial charge in [0.15, 0.2) is 0 Å². The molecular weight excluding hydrogens is 274 g/mol. The molecule has 1 heterocycles. The van der Waals surface area contributed by atoms with Crippen molar-refractivity contribution in [3.63, 3.8) is 0 Å². The number of phenolic OH excluding ortho intramolecular Hbond substituents is 1. The van der Waals surface area contributed by atoms with E-state index >= 15 is 0 Å². The van der Waals surface area contributed by atoms with E-state index in [-0.39, 0.29) is 30.1 Å². The molecule has 6 heteroatoms. The average molecular weight is 293 g/mol. The van der Waals surface area contributed by atoms with Gasteiger partial charge in [-0.3, -0.25) is 4.79 Å². The lowest BCUT2D eigenvalue weighted by Gasteiger charge is -2.19. The van der Waals surface area contributed by atoms with Gasteiger partial charge in [0.1, 0.15) is 11.8 Å². The minimum atomic E-state index is -1.08. The van der Waals surface area contributed by atoms with Crippen molar-refractivity contribution < 1.29 is 24.5 Å². The lowest BCUT2D eigenvalue weighted by Crippen LogP contribution is -2.46. The number of rotatable bonds is 5. The van der Waals surface area contributed by atoms with Crippen molar-refractivity contribution in [3.05, 3.63) is 29.8 Å². The number of carbonyl (C=O) groups excluding carboxylic acids is 1. The van der Waals surface area contributed by atoms with Crippen molar-refractivity contribution in [2.75, 3.05) is 6.61 Å². The van der Waals surface area contributed by atoms with Crippen LogP contribution in [-0.4, -0.2) is 40.8 Å². The maximum atomic E-state index is 12.1. The van der Waals surface area contributed by atoms with E-state index in [0.29, 0.717) is 13.0 Å². The molecule has 0 aromatic heterocycles. The third-order valence-electron chi connectivity index (χ3n) is 3.70. The van der Waals surface area contributed by atoms with E-state index in [1.54, 1.807) is 12.1 Å². The molecule has 0 spiro atoms. The molecule has 1 fully saturated rings. The first-order chi connectivity index (χ1) is 9.97. The summed E-state index contributed by atoms with van der Waals surface area (Å²) in [4.78, 5) is 23.4. The van der Waals surface area contributed by atoms with E-state index in [9.17, 15) is 19.8 Å². The van der Waals surface area contributed by atoms with E-state index in [1.165, 1.54) is 12.1 Å². The zero-order valence-corrected chi connectivity index (χ0v) is 11.8. The lowest BCUT2D eigenvalue weighted by molar-refractivity contribution is -0.142. The van der Waals surface area contributed by atoms with Crippen LogP contribution in [0.25, 0.3) is 0 Å². The number of ether oxygens (including phenoxy) is 1. The van der Waals surface area contributed by atoms with E-state index in [2.05, 4.69) is 5.32 Å². The van der Waals surface area contributed by atoms with Crippen LogP contribution < -0.4 is 5.32 Å². The van der Waals surface area contributed by atoms with Crippen LogP contribution in [0.5, 0.6) is 5.75 Å². The summed E-state index contributed by atoms with van der Waals surface area (Å²) in [5.41, 5.74) is 0.733. The Morgan fingerprint density at radius 1 is 1.38 bits per heavy atom. The largest absolute Gasteiger partial charge is 0.508 e. The molecule has 1 aromatic carbocycles. The minimum Gasteiger partial charge on any atom is -0.508 e. The van der Waals surface area contributed by atoms with Crippen LogP contribution in [0.3, 0.4) is 0 Å². The van der Waals surface area contributed by atoms with Crippen molar-refractivity contribution in [2.45, 2.75) is 31.9 Å². The Morgan fingerprint density at radius 2 is 2.05 bits per heavy atom. The zero-order chi connectivity index (χ0) is 15.4. The number of carbonyl (C=O) groups is 2. The predicted molar refractivity (Wildman–Crippen MR) is 74.9 cm³/mol. The molecule has 2 rings (SSSR count). The monoisotopic (exact) mass is 293 g/mol. The number of carboxylic acids is 1. The zero-order valence-electron chi connectivity index (χ0n) is 11.8. The van der Waals surface area contributed by atoms with Crippen molar-refractivity contribution in [1.29, 1.82) is 0 Å². The third-order valence-corrected chi connectivity index (χ3v) is 3.70. The molecule has 3 atom stereocenters. The molecule has 1 aliphatic heterocycles. The van der Waals surface area contributed by atoms with Crippen LogP contribution in [0, 0.1) is 5.92 Å². The first-order valence-corrected chi connectivity index (χ1v) is 6.90. The van der Waals surface area contributed by atoms with Crippen LogP contribution in [0.15, 0.2) is 24.3 Å². The Bertz CT molecular complexity index is 513. The Balaban J connectivity index is 2.00. The molecule has 0 aliphatic carbocycles. The fourth-order valence-corrected chi connectivity index (χ4v) is 2.42. The van der Waals surface area contributed by atoms with Crippen molar-refractivity contribution in [2.24, 2.45) is 5.92 Å². The topological polar surface area (TPSA) is 95.9 Å². The van der Waals surface area contributed by atoms with E-state index in [4.69, 9.17) is 4.74 Å². The predicted octanol–water partition coefficient (Wildman–Crippen LogP) is 0.929. The molecule has 0 saturated carbocycles. The lowest BCUT2D eigenvalue weighted by atomic mass is 10.00. The number of carboxylic acid groups (broad SMARTS) is 1. The highest BCUT2D eigenvalue weighted by molar-refractivity contribution is 5.85. The highest BCUT2D eigenvalue weighted by Gasteiger charge is 2.33. The second-order valence-corrected chi connectivity index (χ2v) is 5.24. The summed E-state index contributed by atoms with van der Waals surface area (Å²) in [5, 5.41) is 21.0. The molecule has 0 bridgehead atoms. The van der Waals surface area contributed by atoms with Gasteiger partial charge in [0.25, 0.3) is 0 Å². The first-order valence-electron chi connectivity index (χ1n) is 6.90. The molecule has 1 amide bonds. The quantitative estimate of drug-likeness (QED) is 0.750. The highest BCUT2D eigenvalue weighted by atomic mass is 16.5. The molecule has 114 valence electrons. The summed E-state index contributed by atoms with van der Waals surface area (Å²) in [5.74, 6) is -1.55. The smallest absolute Gasteiger partial charge is 0.326 e. The number of hydrogen-bond donors (Lipinski definition) is 3. The molecule has 1 aromatic rings. The molecular formula is C15H19NO5. The molecule has 6 nitrogen and oxygen atoms in total. The van der Waals surface area contributed by atoms with Gasteiger partial charge >= 0.3 is 5.97 Å². The van der Waals surface area contributed by atoms with Crippen LogP contribution >= 0.6 is 0 Å². The second kappa shape index (κ2) is 6.58. The summed E-state index contributed by atoms with van der Waals surface area (Å²) in [6.45, 7) is 2.34. The molecule has 3 unspecified atom stereocenters. The normalized spacial score (nSPS) is 22.7. The number of benzene rings is 1. The Morgan fingerprint density at radius 3 is 2.57 bits per heavy atom. The molecule has 3 N–H and O–H groups in total. The van der Waals surface area contributed by atoms with Gasteiger partial charge in [-0.25, -0.2) is 4.79 Å². The number of phenols is 1. The maximum absolute atomic E-state index is 12.1. The number of aliphatic carboxylic acids is 1. The van der Waals surface area contributed by atoms with Gasteiger partial charge in [0.2, 0.25) is 5.91 Å². The SMILES string of the molecule is CC1OCCC1C(=O)NC(Cc1ccc(O)cc1)C(=O)O. The van der Waals surface area contributed by atoms with Gasteiger partial charge in [0.05, 0.1) is 12.0 Å². The first kappa shape index (κ1) is 15.3. The summed E-state index contributed by atoms with van der Waals surface area (Å²) in [6, 6.07) is 5.26. The van der Waals surface area contributed by atoms with Gasteiger partial charge in [0, 0.05) is 13.0 Å². The van der Waals surface area contributed by atoms with E-state index in [1.807, 2.05) is 6.92 Å². The van der Waals surface area contributed by atoms with Crippen LogP contribution in [-0.2, 0) is 20.7 Å². The van der Waals surface area contributed by atoms with Gasteiger partial charge in [-0.05, 0) is 31.0 Å². The Kier molecular flexibility index (Phi) is 4.80. The standard InChI is InChI=1S/C15H19NO5/c1-9-12(6-7-21-9)14(18)16-13(15(19)20)8-10-2-4-11(17)5-3-10/h2-5,9,12-13,17H,6-8H2,1H3,(H,16,18)(H,19,20). The molecule has 0 radical (unpaired) electrons. The third kappa shape index (κ3) is 3.95. The van der Waals surface area contributed by atoms with E-state index in [0.717, 1.165) is 5.56 Å². The van der Waals surface area contributed by atoms with Crippen molar-refractivity contribution >= 4 is 11.9 Å². The van der Waals surface area contributed by atoms with Gasteiger partial charge in [-0.15, -0.1) is 0 Å². The fourth-order valence-electron chi connectivity index (χ4n) is 2.42. The summed E-state index contributed by atoms with van der Waals surface area (Å²) < 4.78 is 5.32. The van der Waals surface area contributed by atoms with Crippen LogP contribution in [0.4, 0.5) is 0 Å². The number of aromatic hydroxyl groups is 1. The van der Waals surface area contributed by atoms with Gasteiger partial charge in [-0.1, -0.05) is 12.1 Å². The molecule has 1 saturated heterocycles. The fraction of sp³-hybridized carbons (Fsp3) is 0.467. The van der Waals surface area contributed by atoms with E-state index < -0.39 is 12.0 Å². The van der Waals surface area contributed by atoms with Crippen LogP contribution in [0.1, 0.15) is 18.9 Å². The van der Waals surface area contributed by atoms with Crippen molar-refractivity contribution in [1.82, 2.24) is 5.32 Å². The second-order valence-electron chi connectivity index (χ2n) is 5.24. The maximum Gasteiger partial charge on any atom is 0.326 e. The van der Waals surface area contributed by atoms with Crippen LogP contribution in [0.2, 0.25) is 0 Å². The number of nitrogens with one attached hydrogen (secondary N) is 1. The highest BCUT2D eigenvalue weighted by Crippen LogP contribution is 2.21. The van der Waals surface area contributed by atoms with Gasteiger partial charge < -0.3 is 20.3 Å². The summed E-state index contributed by atoms with van der Waals surface area (Å²) in [6.07, 6.45) is 0.593.